The molecule has 5 heteroatoms. The van der Waals surface area contributed by atoms with E-state index in [1.807, 2.05) is 6.07 Å². The summed E-state index contributed by atoms with van der Waals surface area (Å²) in [6.07, 6.45) is 0. The minimum absolute atomic E-state index is 0.131. The first kappa shape index (κ1) is 11.1. The standard InChI is InChI=1S/C8H10Br2N2O/c1-8(11,4-13)6-3-2-5(9)7(10)12-6/h2-3,13H,4,11H2,1H3/t8-/m1/s1. The van der Waals surface area contributed by atoms with Gasteiger partial charge < -0.3 is 10.8 Å². The highest BCUT2D eigenvalue weighted by molar-refractivity contribution is 9.13. The molecule has 0 spiro atoms. The number of hydrogen-bond acceptors (Lipinski definition) is 3. The van der Waals surface area contributed by atoms with E-state index in [1.54, 1.807) is 13.0 Å². The Hall–Kier alpha value is 0.0300. The van der Waals surface area contributed by atoms with Gasteiger partial charge in [-0.1, -0.05) is 0 Å². The molecule has 0 amide bonds. The van der Waals surface area contributed by atoms with Gasteiger partial charge in [0.1, 0.15) is 4.60 Å². The van der Waals surface area contributed by atoms with Crippen molar-refractivity contribution >= 4 is 31.9 Å². The van der Waals surface area contributed by atoms with Gasteiger partial charge in [-0.2, -0.15) is 0 Å². The fraction of sp³-hybridized carbons (Fsp3) is 0.375. The lowest BCUT2D eigenvalue weighted by Gasteiger charge is -2.21. The molecule has 0 saturated heterocycles. The monoisotopic (exact) mass is 308 g/mol. The lowest BCUT2D eigenvalue weighted by molar-refractivity contribution is 0.206. The summed E-state index contributed by atoms with van der Waals surface area (Å²) in [5, 5.41) is 9.02. The van der Waals surface area contributed by atoms with Gasteiger partial charge >= 0.3 is 0 Å². The lowest BCUT2D eigenvalue weighted by atomic mass is 10.0. The van der Waals surface area contributed by atoms with Gasteiger partial charge in [-0.25, -0.2) is 4.98 Å². The van der Waals surface area contributed by atoms with Crippen LogP contribution >= 0.6 is 31.9 Å². The van der Waals surface area contributed by atoms with Crippen LogP contribution in [0.4, 0.5) is 0 Å². The summed E-state index contributed by atoms with van der Waals surface area (Å²) < 4.78 is 1.56. The van der Waals surface area contributed by atoms with Crippen LogP contribution in [0.5, 0.6) is 0 Å². The minimum atomic E-state index is -0.788. The van der Waals surface area contributed by atoms with Crippen molar-refractivity contribution in [3.8, 4) is 0 Å². The quantitative estimate of drug-likeness (QED) is 0.819. The van der Waals surface area contributed by atoms with Gasteiger partial charge in [0, 0.05) is 0 Å². The molecule has 0 aliphatic rings. The lowest BCUT2D eigenvalue weighted by Crippen LogP contribution is -2.37. The molecule has 0 saturated carbocycles. The molecule has 0 aliphatic carbocycles. The second kappa shape index (κ2) is 4.04. The van der Waals surface area contributed by atoms with Gasteiger partial charge in [0.25, 0.3) is 0 Å². The van der Waals surface area contributed by atoms with Gasteiger partial charge in [0.05, 0.1) is 22.3 Å². The first-order chi connectivity index (χ1) is 5.97. The molecule has 1 rings (SSSR count). The van der Waals surface area contributed by atoms with E-state index in [0.717, 1.165) is 4.47 Å². The van der Waals surface area contributed by atoms with E-state index in [1.165, 1.54) is 0 Å². The third-order valence-corrected chi connectivity index (χ3v) is 3.49. The largest absolute Gasteiger partial charge is 0.394 e. The maximum atomic E-state index is 9.02. The molecule has 1 aromatic heterocycles. The summed E-state index contributed by atoms with van der Waals surface area (Å²) in [7, 11) is 0. The Bertz CT molecular complexity index is 315. The molecule has 72 valence electrons. The number of aliphatic hydroxyl groups excluding tert-OH is 1. The van der Waals surface area contributed by atoms with Crippen molar-refractivity contribution in [1.82, 2.24) is 4.98 Å². The zero-order valence-corrected chi connectivity index (χ0v) is 10.3. The molecule has 0 radical (unpaired) electrons. The topological polar surface area (TPSA) is 59.1 Å². The van der Waals surface area contributed by atoms with Crippen LogP contribution < -0.4 is 5.73 Å². The van der Waals surface area contributed by atoms with E-state index in [2.05, 4.69) is 36.8 Å². The molecule has 1 atom stereocenters. The first-order valence-electron chi connectivity index (χ1n) is 3.69. The Balaban J connectivity index is 3.10. The number of nitrogens with two attached hydrogens (primary N) is 1. The van der Waals surface area contributed by atoms with Crippen LogP contribution in [0.25, 0.3) is 0 Å². The van der Waals surface area contributed by atoms with Crippen LogP contribution in [0.1, 0.15) is 12.6 Å². The predicted octanol–water partition coefficient (Wildman–Crippen LogP) is 1.77. The fourth-order valence-electron chi connectivity index (χ4n) is 0.816. The average Bonchev–Trinajstić information content (AvgIpc) is 2.09. The van der Waals surface area contributed by atoms with E-state index in [9.17, 15) is 0 Å². The zero-order chi connectivity index (χ0) is 10.1. The van der Waals surface area contributed by atoms with Gasteiger partial charge in [0.2, 0.25) is 0 Å². The molecule has 1 aromatic rings. The molecule has 0 bridgehead atoms. The van der Waals surface area contributed by atoms with Crippen LogP contribution in [0.15, 0.2) is 21.2 Å². The summed E-state index contributed by atoms with van der Waals surface area (Å²) in [6, 6.07) is 3.62. The summed E-state index contributed by atoms with van der Waals surface area (Å²) in [5.41, 5.74) is 5.68. The van der Waals surface area contributed by atoms with E-state index >= 15 is 0 Å². The van der Waals surface area contributed by atoms with Crippen molar-refractivity contribution in [3.63, 3.8) is 0 Å². The van der Waals surface area contributed by atoms with Gasteiger partial charge in [-0.15, -0.1) is 0 Å². The van der Waals surface area contributed by atoms with E-state index in [0.29, 0.717) is 10.3 Å². The summed E-state index contributed by atoms with van der Waals surface area (Å²) in [5.74, 6) is 0. The van der Waals surface area contributed by atoms with Gasteiger partial charge in [-0.05, 0) is 50.9 Å². The first-order valence-corrected chi connectivity index (χ1v) is 5.28. The fourth-order valence-corrected chi connectivity index (χ4v) is 1.36. The van der Waals surface area contributed by atoms with Crippen molar-refractivity contribution < 1.29 is 5.11 Å². The van der Waals surface area contributed by atoms with Gasteiger partial charge in [0.15, 0.2) is 0 Å². The summed E-state index contributed by atoms with van der Waals surface area (Å²) in [6.45, 7) is 1.60. The number of rotatable bonds is 2. The molecule has 3 nitrogen and oxygen atoms in total. The molecule has 0 aromatic carbocycles. The third-order valence-electron chi connectivity index (χ3n) is 1.72. The van der Waals surface area contributed by atoms with Crippen LogP contribution in [-0.2, 0) is 5.54 Å². The molecule has 1 heterocycles. The predicted molar refractivity (Wildman–Crippen MR) is 58.3 cm³/mol. The van der Waals surface area contributed by atoms with Crippen molar-refractivity contribution in [2.75, 3.05) is 6.61 Å². The number of pyridine rings is 1. The van der Waals surface area contributed by atoms with E-state index in [-0.39, 0.29) is 6.61 Å². The second-order valence-electron chi connectivity index (χ2n) is 3.04. The zero-order valence-electron chi connectivity index (χ0n) is 7.09. The van der Waals surface area contributed by atoms with Crippen molar-refractivity contribution in [2.24, 2.45) is 5.73 Å². The minimum Gasteiger partial charge on any atom is -0.394 e. The molecule has 0 unspecified atom stereocenters. The Kier molecular flexibility index (Phi) is 3.45. The molecule has 0 fully saturated rings. The summed E-state index contributed by atoms with van der Waals surface area (Å²) >= 11 is 6.58. The van der Waals surface area contributed by atoms with Crippen LogP contribution in [0, 0.1) is 0 Å². The second-order valence-corrected chi connectivity index (χ2v) is 4.65. The van der Waals surface area contributed by atoms with Crippen LogP contribution in [0.2, 0.25) is 0 Å². The molecule has 3 N–H and O–H groups in total. The Morgan fingerprint density at radius 3 is 2.62 bits per heavy atom. The number of aromatic nitrogens is 1. The Labute approximate surface area is 93.6 Å². The SMILES string of the molecule is C[C@@](N)(CO)c1ccc(Br)c(Br)n1. The number of halogens is 2. The highest BCUT2D eigenvalue weighted by Crippen LogP contribution is 2.24. The van der Waals surface area contributed by atoms with Gasteiger partial charge in [-0.3, -0.25) is 0 Å². The number of hydrogen-bond donors (Lipinski definition) is 2. The van der Waals surface area contributed by atoms with Crippen molar-refractivity contribution in [2.45, 2.75) is 12.5 Å². The normalized spacial score (nSPS) is 15.5. The molecule has 13 heavy (non-hydrogen) atoms. The highest BCUT2D eigenvalue weighted by atomic mass is 79.9. The highest BCUT2D eigenvalue weighted by Gasteiger charge is 2.22. The van der Waals surface area contributed by atoms with Crippen molar-refractivity contribution in [1.29, 1.82) is 0 Å². The Morgan fingerprint density at radius 2 is 2.15 bits per heavy atom. The van der Waals surface area contributed by atoms with E-state index in [4.69, 9.17) is 10.8 Å². The summed E-state index contributed by atoms with van der Waals surface area (Å²) in [4.78, 5) is 4.20. The number of nitrogens with zero attached hydrogens (tertiary/aromatic N) is 1. The van der Waals surface area contributed by atoms with Crippen LogP contribution in [0.3, 0.4) is 0 Å². The third kappa shape index (κ3) is 2.49. The number of aliphatic hydroxyl groups is 1. The maximum Gasteiger partial charge on any atom is 0.120 e. The Morgan fingerprint density at radius 1 is 1.54 bits per heavy atom. The van der Waals surface area contributed by atoms with E-state index < -0.39 is 5.54 Å². The molecule has 0 aliphatic heterocycles. The smallest absolute Gasteiger partial charge is 0.120 e. The maximum absolute atomic E-state index is 9.02. The molecular formula is C8H10Br2N2O. The van der Waals surface area contributed by atoms with Crippen molar-refractivity contribution in [3.05, 3.63) is 26.9 Å². The van der Waals surface area contributed by atoms with Crippen LogP contribution in [-0.4, -0.2) is 16.7 Å². The molecular weight excluding hydrogens is 300 g/mol. The average molecular weight is 310 g/mol.